The van der Waals surface area contributed by atoms with Crippen LogP contribution in [0.2, 0.25) is 0 Å². The summed E-state index contributed by atoms with van der Waals surface area (Å²) in [5.41, 5.74) is 5.88. The highest BCUT2D eigenvalue weighted by Gasteiger charge is 2.27. The zero-order chi connectivity index (χ0) is 11.3. The molecular weight excluding hydrogens is 188 g/mol. The van der Waals surface area contributed by atoms with E-state index in [0.717, 1.165) is 19.4 Å². The molecule has 0 spiro atoms. The molecule has 1 aliphatic carbocycles. The van der Waals surface area contributed by atoms with Crippen LogP contribution < -0.4 is 5.73 Å². The predicted molar refractivity (Wildman–Crippen MR) is 62.5 cm³/mol. The molecule has 0 aromatic rings. The molecule has 0 aromatic heterocycles. The van der Waals surface area contributed by atoms with E-state index in [1.54, 1.807) is 0 Å². The van der Waals surface area contributed by atoms with E-state index in [1.165, 1.54) is 25.7 Å². The van der Waals surface area contributed by atoms with Crippen LogP contribution in [0.25, 0.3) is 0 Å². The zero-order valence-electron chi connectivity index (χ0n) is 10.0. The van der Waals surface area contributed by atoms with Crippen LogP contribution in [0.15, 0.2) is 0 Å². The van der Waals surface area contributed by atoms with Gasteiger partial charge in [0.25, 0.3) is 0 Å². The molecule has 3 nitrogen and oxygen atoms in total. The van der Waals surface area contributed by atoms with E-state index in [0.29, 0.717) is 6.04 Å². The minimum atomic E-state index is -0.282. The van der Waals surface area contributed by atoms with E-state index in [9.17, 15) is 4.79 Å². The number of rotatable bonds is 5. The lowest BCUT2D eigenvalue weighted by Crippen LogP contribution is -2.47. The van der Waals surface area contributed by atoms with Crippen molar-refractivity contribution in [3.63, 3.8) is 0 Å². The Kier molecular flexibility index (Phi) is 5.09. The second kappa shape index (κ2) is 6.11. The molecule has 1 rings (SSSR count). The highest BCUT2D eigenvalue weighted by atomic mass is 16.2. The van der Waals surface area contributed by atoms with E-state index in [2.05, 4.69) is 13.8 Å². The standard InChI is InChI=1S/C12H24N2O/c1-3-7-11(13)12(15)14(4-2)10-8-5-6-9-10/h10-11H,3-9,13H2,1-2H3. The van der Waals surface area contributed by atoms with Crippen LogP contribution in [0.5, 0.6) is 0 Å². The molecule has 1 atom stereocenters. The van der Waals surface area contributed by atoms with Crippen molar-refractivity contribution in [2.24, 2.45) is 5.73 Å². The van der Waals surface area contributed by atoms with Crippen LogP contribution in [0.4, 0.5) is 0 Å². The summed E-state index contributed by atoms with van der Waals surface area (Å²) in [6.07, 6.45) is 6.64. The molecular formula is C12H24N2O. The van der Waals surface area contributed by atoms with Gasteiger partial charge in [-0.25, -0.2) is 0 Å². The average Bonchev–Trinajstić information content (AvgIpc) is 2.72. The molecule has 1 fully saturated rings. The van der Waals surface area contributed by atoms with Crippen molar-refractivity contribution in [3.8, 4) is 0 Å². The molecule has 0 radical (unpaired) electrons. The normalized spacial score (nSPS) is 19.1. The number of hydrogen-bond donors (Lipinski definition) is 1. The van der Waals surface area contributed by atoms with Gasteiger partial charge in [0, 0.05) is 12.6 Å². The van der Waals surface area contributed by atoms with Crippen molar-refractivity contribution < 1.29 is 4.79 Å². The summed E-state index contributed by atoms with van der Waals surface area (Å²) in [5.74, 6) is 0.159. The van der Waals surface area contributed by atoms with Gasteiger partial charge in [-0.1, -0.05) is 26.2 Å². The molecule has 1 unspecified atom stereocenters. The molecule has 1 aliphatic rings. The molecule has 3 heteroatoms. The number of likely N-dealkylation sites (N-methyl/N-ethyl adjacent to an activating group) is 1. The van der Waals surface area contributed by atoms with E-state index in [1.807, 2.05) is 4.90 Å². The van der Waals surface area contributed by atoms with E-state index >= 15 is 0 Å². The molecule has 2 N–H and O–H groups in total. The van der Waals surface area contributed by atoms with Crippen molar-refractivity contribution >= 4 is 5.91 Å². The fraction of sp³-hybridized carbons (Fsp3) is 0.917. The fourth-order valence-electron chi connectivity index (χ4n) is 2.46. The predicted octanol–water partition coefficient (Wildman–Crippen LogP) is 1.90. The summed E-state index contributed by atoms with van der Waals surface area (Å²) in [5, 5.41) is 0. The average molecular weight is 212 g/mol. The molecule has 0 bridgehead atoms. The van der Waals surface area contributed by atoms with Crippen LogP contribution >= 0.6 is 0 Å². The maximum atomic E-state index is 12.1. The topological polar surface area (TPSA) is 46.3 Å². The van der Waals surface area contributed by atoms with Crippen molar-refractivity contribution in [1.82, 2.24) is 4.90 Å². The maximum absolute atomic E-state index is 12.1. The SMILES string of the molecule is CCCC(N)C(=O)N(CC)C1CCCC1. The zero-order valence-corrected chi connectivity index (χ0v) is 10.0. The number of amides is 1. The van der Waals surface area contributed by atoms with Gasteiger partial charge < -0.3 is 10.6 Å². The van der Waals surface area contributed by atoms with Crippen LogP contribution in [0.3, 0.4) is 0 Å². The summed E-state index contributed by atoms with van der Waals surface area (Å²) in [6.45, 7) is 4.93. The molecule has 1 amide bonds. The largest absolute Gasteiger partial charge is 0.339 e. The summed E-state index contributed by atoms with van der Waals surface area (Å²) in [4.78, 5) is 14.0. The van der Waals surface area contributed by atoms with E-state index < -0.39 is 0 Å². The maximum Gasteiger partial charge on any atom is 0.239 e. The quantitative estimate of drug-likeness (QED) is 0.756. The minimum absolute atomic E-state index is 0.159. The van der Waals surface area contributed by atoms with Gasteiger partial charge in [0.15, 0.2) is 0 Å². The van der Waals surface area contributed by atoms with Crippen LogP contribution in [0, 0.1) is 0 Å². The Morgan fingerprint density at radius 3 is 2.47 bits per heavy atom. The van der Waals surface area contributed by atoms with Crippen LogP contribution in [-0.2, 0) is 4.79 Å². The smallest absolute Gasteiger partial charge is 0.239 e. The lowest BCUT2D eigenvalue weighted by atomic mass is 10.1. The number of hydrogen-bond acceptors (Lipinski definition) is 2. The van der Waals surface area contributed by atoms with Gasteiger partial charge in [0.1, 0.15) is 0 Å². The summed E-state index contributed by atoms with van der Waals surface area (Å²) in [6, 6.07) is 0.181. The number of nitrogens with zero attached hydrogens (tertiary/aromatic N) is 1. The van der Waals surface area contributed by atoms with E-state index in [4.69, 9.17) is 5.73 Å². The van der Waals surface area contributed by atoms with Gasteiger partial charge in [-0.3, -0.25) is 4.79 Å². The van der Waals surface area contributed by atoms with Gasteiger partial charge >= 0.3 is 0 Å². The first kappa shape index (κ1) is 12.5. The second-order valence-electron chi connectivity index (χ2n) is 4.46. The fourth-order valence-corrected chi connectivity index (χ4v) is 2.46. The highest BCUT2D eigenvalue weighted by Crippen LogP contribution is 2.23. The number of carbonyl (C=O) groups is 1. The first-order chi connectivity index (χ1) is 7.20. The van der Waals surface area contributed by atoms with Crippen molar-refractivity contribution in [2.45, 2.75) is 64.5 Å². The third-order valence-corrected chi connectivity index (χ3v) is 3.31. The molecule has 0 aromatic carbocycles. The van der Waals surface area contributed by atoms with Gasteiger partial charge in [0.05, 0.1) is 6.04 Å². The molecule has 0 aliphatic heterocycles. The molecule has 0 heterocycles. The minimum Gasteiger partial charge on any atom is -0.339 e. The third kappa shape index (κ3) is 3.20. The lowest BCUT2D eigenvalue weighted by Gasteiger charge is -2.30. The molecule has 88 valence electrons. The van der Waals surface area contributed by atoms with Crippen LogP contribution in [0.1, 0.15) is 52.4 Å². The van der Waals surface area contributed by atoms with Gasteiger partial charge in [-0.2, -0.15) is 0 Å². The first-order valence-electron chi connectivity index (χ1n) is 6.26. The summed E-state index contributed by atoms with van der Waals surface area (Å²) >= 11 is 0. The Morgan fingerprint density at radius 1 is 1.40 bits per heavy atom. The number of nitrogens with two attached hydrogens (primary N) is 1. The molecule has 0 saturated heterocycles. The monoisotopic (exact) mass is 212 g/mol. The first-order valence-corrected chi connectivity index (χ1v) is 6.26. The number of carbonyl (C=O) groups excluding carboxylic acids is 1. The second-order valence-corrected chi connectivity index (χ2v) is 4.46. The Bertz CT molecular complexity index is 200. The van der Waals surface area contributed by atoms with Gasteiger partial charge in [-0.05, 0) is 26.2 Å². The Balaban J connectivity index is 2.52. The molecule has 1 saturated carbocycles. The Labute approximate surface area is 93.0 Å². The van der Waals surface area contributed by atoms with Gasteiger partial charge in [0.2, 0.25) is 5.91 Å². The van der Waals surface area contributed by atoms with Crippen molar-refractivity contribution in [3.05, 3.63) is 0 Å². The Hall–Kier alpha value is -0.570. The van der Waals surface area contributed by atoms with Gasteiger partial charge in [-0.15, -0.1) is 0 Å². The highest BCUT2D eigenvalue weighted by molar-refractivity contribution is 5.81. The third-order valence-electron chi connectivity index (χ3n) is 3.31. The summed E-state index contributed by atoms with van der Waals surface area (Å²) < 4.78 is 0. The lowest BCUT2D eigenvalue weighted by molar-refractivity contribution is -0.134. The van der Waals surface area contributed by atoms with E-state index in [-0.39, 0.29) is 11.9 Å². The van der Waals surface area contributed by atoms with Crippen LogP contribution in [-0.4, -0.2) is 29.4 Å². The summed E-state index contributed by atoms with van der Waals surface area (Å²) in [7, 11) is 0. The van der Waals surface area contributed by atoms with Crippen molar-refractivity contribution in [2.75, 3.05) is 6.54 Å². The molecule has 15 heavy (non-hydrogen) atoms. The Morgan fingerprint density at radius 2 is 2.00 bits per heavy atom. The van der Waals surface area contributed by atoms with Crippen molar-refractivity contribution in [1.29, 1.82) is 0 Å².